The van der Waals surface area contributed by atoms with Gasteiger partial charge in [-0.25, -0.2) is 0 Å². The number of anilines is 14. The molecule has 0 aliphatic carbocycles. The number of hydrogen-bond acceptors (Lipinski definition) is 7. The Morgan fingerprint density at radius 2 is 0.691 bits per heavy atom. The van der Waals surface area contributed by atoms with Gasteiger partial charge in [0.05, 0.1) is 0 Å². The summed E-state index contributed by atoms with van der Waals surface area (Å²) >= 11 is 1.97. The van der Waals surface area contributed by atoms with Crippen molar-refractivity contribution in [3.05, 3.63) is 216 Å². The lowest BCUT2D eigenvalue weighted by molar-refractivity contribution is 0.762. The summed E-state index contributed by atoms with van der Waals surface area (Å²) in [6.07, 6.45) is 9.02. The second-order valence-electron chi connectivity index (χ2n) is 23.9. The van der Waals surface area contributed by atoms with Crippen LogP contribution >= 0.6 is 11.3 Å². The summed E-state index contributed by atoms with van der Waals surface area (Å²) in [7, 11) is 0. The lowest BCUT2D eigenvalue weighted by atomic mass is 9.33. The van der Waals surface area contributed by atoms with Gasteiger partial charge in [0.15, 0.2) is 0 Å². The first-order valence-electron chi connectivity index (χ1n) is 29.8. The number of hydrogen-bond donors (Lipinski definition) is 0. The fourth-order valence-corrected chi connectivity index (χ4v) is 17.6. The molecule has 0 saturated heterocycles. The molecular weight excluding hydrogens is 1000 g/mol. The van der Waals surface area contributed by atoms with E-state index in [0.29, 0.717) is 0 Å². The SMILES string of the molecule is c1ccc(N2c3cc4sc5cc6c(cc5c4cc3B3c4cccc5c4N(CCC5)c4cc(N5CCCc7ccccc75)cc2c43)B2c3cccc4c3N(CCC4)c3cc(N4CCCc5ccccc54)cc(c32)N6c2ccccc2)cc1. The molecule has 6 nitrogen and oxygen atoms in total. The van der Waals surface area contributed by atoms with E-state index >= 15 is 0 Å². The standard InChI is InChI=1S/C72H56B2N6S/c1-3-25-49(26-4-1)79-61-43-67-53(41-57(61)73-55-29-11-19-47-23-15-35-77(71(47)55)63-37-51(39-65(79)69(63)73)75-33-13-21-45-17-7-9-31-59(45)75)54-42-58-62(44-68(54)81-67)80(50-27-5-2-6-28-50)66-40-52(76-34-14-22-46-18-8-10-32-60(46)76)38-64-70(66)74(58)56-30-12-20-48-24-16-36-78(64)72(48)56/h1-12,17-20,25-32,37-44H,13-16,21-24,33-36H2. The van der Waals surface area contributed by atoms with Gasteiger partial charge in [-0.2, -0.15) is 0 Å². The highest BCUT2D eigenvalue weighted by molar-refractivity contribution is 7.26. The van der Waals surface area contributed by atoms with Crippen molar-refractivity contribution >= 4 is 157 Å². The first-order chi connectivity index (χ1) is 40.2. The van der Waals surface area contributed by atoms with Crippen LogP contribution in [-0.4, -0.2) is 39.6 Å². The molecule has 8 aliphatic rings. The summed E-state index contributed by atoms with van der Waals surface area (Å²) in [6.45, 7) is 4.17. The van der Waals surface area contributed by atoms with Crippen molar-refractivity contribution in [2.75, 3.05) is 55.6 Å². The van der Waals surface area contributed by atoms with E-state index < -0.39 is 0 Å². The Hall–Kier alpha value is -8.65. The fourth-order valence-electron chi connectivity index (χ4n) is 16.5. The lowest BCUT2D eigenvalue weighted by Crippen LogP contribution is -2.62. The minimum atomic E-state index is 0.0678. The maximum atomic E-state index is 2.72. The summed E-state index contributed by atoms with van der Waals surface area (Å²) in [5.41, 5.74) is 32.8. The second-order valence-corrected chi connectivity index (χ2v) is 25.0. The Balaban J connectivity index is 0.872. The van der Waals surface area contributed by atoms with Crippen molar-refractivity contribution < 1.29 is 0 Å². The molecule has 0 saturated carbocycles. The van der Waals surface area contributed by atoms with Gasteiger partial charge in [0.1, 0.15) is 0 Å². The monoisotopic (exact) mass is 1060 g/mol. The van der Waals surface area contributed by atoms with E-state index in [-0.39, 0.29) is 13.4 Å². The van der Waals surface area contributed by atoms with Crippen LogP contribution in [0.25, 0.3) is 20.2 Å². The molecule has 1 aromatic heterocycles. The van der Waals surface area contributed by atoms with Crippen LogP contribution < -0.4 is 62.2 Å². The molecule has 81 heavy (non-hydrogen) atoms. The zero-order valence-corrected chi connectivity index (χ0v) is 46.0. The molecule has 0 atom stereocenters. The van der Waals surface area contributed by atoms with E-state index in [1.54, 1.807) is 0 Å². The number of fused-ring (bicyclic) bond motifs is 13. The number of para-hydroxylation sites is 6. The minimum Gasteiger partial charge on any atom is -0.342 e. The number of thiophene rings is 1. The molecule has 9 heteroatoms. The largest absolute Gasteiger partial charge is 0.342 e. The molecule has 0 spiro atoms. The number of nitrogens with zero attached hydrogens (tertiary/aromatic N) is 6. The molecule has 0 bridgehead atoms. The van der Waals surface area contributed by atoms with Gasteiger partial charge in [-0.1, -0.05) is 121 Å². The van der Waals surface area contributed by atoms with Crippen LogP contribution in [0.1, 0.15) is 47.9 Å². The molecule has 8 aliphatic heterocycles. The molecule has 0 N–H and O–H groups in total. The first-order valence-corrected chi connectivity index (χ1v) is 30.6. The Kier molecular flexibility index (Phi) is 9.44. The predicted octanol–water partition coefficient (Wildman–Crippen LogP) is 13.6. The van der Waals surface area contributed by atoms with Gasteiger partial charge in [0.2, 0.25) is 0 Å². The Morgan fingerprint density at radius 3 is 1.16 bits per heavy atom. The van der Waals surface area contributed by atoms with Crippen LogP contribution in [0.15, 0.2) is 194 Å². The van der Waals surface area contributed by atoms with Crippen molar-refractivity contribution in [2.24, 2.45) is 0 Å². The van der Waals surface area contributed by atoms with Crippen molar-refractivity contribution in [3.8, 4) is 0 Å². The van der Waals surface area contributed by atoms with Crippen molar-refractivity contribution in [1.82, 2.24) is 0 Å². The third-order valence-electron chi connectivity index (χ3n) is 19.7. The molecule has 19 rings (SSSR count). The van der Waals surface area contributed by atoms with Crippen LogP contribution in [0.2, 0.25) is 0 Å². The van der Waals surface area contributed by atoms with Gasteiger partial charge in [-0.05, 0) is 190 Å². The number of rotatable bonds is 4. The first kappa shape index (κ1) is 45.1. The average molecular weight is 1060 g/mol. The molecular formula is C72H56B2N6S. The summed E-state index contributed by atoms with van der Waals surface area (Å²) in [6, 6.07) is 75.9. The predicted molar refractivity (Wildman–Crippen MR) is 345 cm³/mol. The average Bonchev–Trinajstić information content (AvgIpc) is 4.11. The van der Waals surface area contributed by atoms with Crippen molar-refractivity contribution in [3.63, 3.8) is 0 Å². The molecule has 9 heterocycles. The zero-order chi connectivity index (χ0) is 52.6. The molecule has 0 fully saturated rings. The highest BCUT2D eigenvalue weighted by atomic mass is 32.1. The summed E-state index contributed by atoms with van der Waals surface area (Å²) in [5.74, 6) is 0. The van der Waals surface area contributed by atoms with Gasteiger partial charge < -0.3 is 29.4 Å². The number of benzene rings is 10. The Labute approximate surface area is 477 Å². The van der Waals surface area contributed by atoms with Gasteiger partial charge in [0.25, 0.3) is 13.4 Å². The highest BCUT2D eigenvalue weighted by Gasteiger charge is 2.48. The van der Waals surface area contributed by atoms with E-state index in [2.05, 4.69) is 224 Å². The van der Waals surface area contributed by atoms with E-state index in [0.717, 1.165) is 77.5 Å². The highest BCUT2D eigenvalue weighted by Crippen LogP contribution is 2.52. The molecule has 0 unspecified atom stereocenters. The fraction of sp³-hybridized carbons (Fsp3) is 0.167. The summed E-state index contributed by atoms with van der Waals surface area (Å²) in [5, 5.41) is 2.71. The van der Waals surface area contributed by atoms with Crippen molar-refractivity contribution in [1.29, 1.82) is 0 Å². The number of aryl methyl sites for hydroxylation is 4. The molecule has 0 radical (unpaired) electrons. The Bertz CT molecular complexity index is 4230. The van der Waals surface area contributed by atoms with Crippen molar-refractivity contribution in [2.45, 2.75) is 51.4 Å². The summed E-state index contributed by atoms with van der Waals surface area (Å²) < 4.78 is 2.65. The van der Waals surface area contributed by atoms with Crippen LogP contribution in [-0.2, 0) is 25.7 Å². The van der Waals surface area contributed by atoms with E-state index in [4.69, 9.17) is 0 Å². The third-order valence-corrected chi connectivity index (χ3v) is 20.9. The minimum absolute atomic E-state index is 0.0678. The van der Waals surface area contributed by atoms with E-state index in [9.17, 15) is 0 Å². The van der Waals surface area contributed by atoms with Crippen LogP contribution in [0.5, 0.6) is 0 Å². The smallest absolute Gasteiger partial charge is 0.252 e. The van der Waals surface area contributed by atoms with Gasteiger partial charge in [-0.3, -0.25) is 0 Å². The van der Waals surface area contributed by atoms with E-state index in [1.807, 2.05) is 11.3 Å². The van der Waals surface area contributed by atoms with Gasteiger partial charge in [-0.15, -0.1) is 11.3 Å². The third kappa shape index (κ3) is 6.30. The van der Waals surface area contributed by atoms with Gasteiger partial charge >= 0.3 is 0 Å². The van der Waals surface area contributed by atoms with Crippen LogP contribution in [0.4, 0.5) is 79.6 Å². The zero-order valence-electron chi connectivity index (χ0n) is 45.2. The molecule has 11 aromatic rings. The summed E-state index contributed by atoms with van der Waals surface area (Å²) in [4.78, 5) is 15.9. The molecule has 10 aromatic carbocycles. The normalized spacial score (nSPS) is 16.6. The van der Waals surface area contributed by atoms with E-state index in [1.165, 1.54) is 155 Å². The van der Waals surface area contributed by atoms with Crippen LogP contribution in [0.3, 0.4) is 0 Å². The van der Waals surface area contributed by atoms with Crippen LogP contribution in [0, 0.1) is 0 Å². The maximum absolute atomic E-state index is 2.72. The van der Waals surface area contributed by atoms with Gasteiger partial charge in [0, 0.05) is 115 Å². The Morgan fingerprint density at radius 1 is 0.296 bits per heavy atom. The maximum Gasteiger partial charge on any atom is 0.252 e. The molecule has 386 valence electrons. The second kappa shape index (κ2) is 16.9. The topological polar surface area (TPSA) is 19.4 Å². The molecule has 0 amide bonds. The quantitative estimate of drug-likeness (QED) is 0.162. The lowest BCUT2D eigenvalue weighted by Gasteiger charge is -2.47.